The monoisotopic (exact) mass is 230 g/mol. The Bertz CT molecular complexity index is 379. The van der Waals surface area contributed by atoms with Gasteiger partial charge in [-0.2, -0.15) is 0 Å². The van der Waals surface area contributed by atoms with E-state index >= 15 is 0 Å². The summed E-state index contributed by atoms with van der Waals surface area (Å²) >= 11 is 0. The lowest BCUT2D eigenvalue weighted by Gasteiger charge is -2.20. The number of anilines is 1. The van der Waals surface area contributed by atoms with Crippen molar-refractivity contribution >= 4 is 5.69 Å². The smallest absolute Gasteiger partial charge is 0.0373 e. The van der Waals surface area contributed by atoms with Gasteiger partial charge in [-0.05, 0) is 49.5 Å². The van der Waals surface area contributed by atoms with Crippen LogP contribution >= 0.6 is 0 Å². The zero-order valence-electron chi connectivity index (χ0n) is 10.5. The Kier molecular flexibility index (Phi) is 3.32. The summed E-state index contributed by atoms with van der Waals surface area (Å²) in [5.41, 5.74) is 4.36. The largest absolute Gasteiger partial charge is 0.384 e. The Morgan fingerprint density at radius 1 is 1.06 bits per heavy atom. The van der Waals surface area contributed by atoms with Crippen molar-refractivity contribution in [3.05, 3.63) is 29.3 Å². The third-order valence-corrected chi connectivity index (χ3v) is 3.98. The molecule has 92 valence electrons. The maximum atomic E-state index is 3.43. The van der Waals surface area contributed by atoms with Gasteiger partial charge < -0.3 is 5.32 Å². The summed E-state index contributed by atoms with van der Waals surface area (Å²) in [5, 5.41) is 3.43. The Morgan fingerprint density at radius 3 is 2.71 bits per heavy atom. The summed E-state index contributed by atoms with van der Waals surface area (Å²) in [6.07, 6.45) is 6.80. The average Bonchev–Trinajstić information content (AvgIpc) is 2.65. The normalized spacial score (nSPS) is 20.7. The highest BCUT2D eigenvalue weighted by Crippen LogP contribution is 2.24. The van der Waals surface area contributed by atoms with Gasteiger partial charge in [0, 0.05) is 18.8 Å². The Morgan fingerprint density at radius 2 is 1.88 bits per heavy atom. The summed E-state index contributed by atoms with van der Waals surface area (Å²) < 4.78 is 0. The van der Waals surface area contributed by atoms with Crippen LogP contribution in [0.3, 0.4) is 0 Å². The van der Waals surface area contributed by atoms with Gasteiger partial charge in [0.25, 0.3) is 0 Å². The molecule has 0 bridgehead atoms. The maximum absolute atomic E-state index is 3.43. The minimum Gasteiger partial charge on any atom is -0.384 e. The van der Waals surface area contributed by atoms with Gasteiger partial charge in [0.1, 0.15) is 0 Å². The highest BCUT2D eigenvalue weighted by molar-refractivity contribution is 5.56. The summed E-state index contributed by atoms with van der Waals surface area (Å²) in [4.78, 5) is 2.62. The van der Waals surface area contributed by atoms with Gasteiger partial charge >= 0.3 is 0 Å². The molecule has 2 heterocycles. The summed E-state index contributed by atoms with van der Waals surface area (Å²) in [6, 6.07) is 6.96. The van der Waals surface area contributed by atoms with Crippen LogP contribution in [0.15, 0.2) is 18.2 Å². The second-order valence-corrected chi connectivity index (χ2v) is 5.36. The van der Waals surface area contributed by atoms with Gasteiger partial charge in [0.05, 0.1) is 0 Å². The molecule has 0 radical (unpaired) electrons. The minimum atomic E-state index is 1.11. The molecular weight excluding hydrogens is 208 g/mol. The number of hydrogen-bond acceptors (Lipinski definition) is 2. The van der Waals surface area contributed by atoms with Crippen molar-refractivity contribution in [1.29, 1.82) is 0 Å². The fourth-order valence-corrected chi connectivity index (χ4v) is 3.01. The Labute approximate surface area is 104 Å². The van der Waals surface area contributed by atoms with Crippen LogP contribution in [0.1, 0.15) is 36.8 Å². The molecule has 2 nitrogen and oxygen atoms in total. The Balaban J connectivity index is 1.67. The van der Waals surface area contributed by atoms with Crippen LogP contribution in [0.4, 0.5) is 5.69 Å². The molecule has 1 N–H and O–H groups in total. The van der Waals surface area contributed by atoms with E-state index < -0.39 is 0 Å². The summed E-state index contributed by atoms with van der Waals surface area (Å²) in [5.74, 6) is 0. The molecule has 0 unspecified atom stereocenters. The molecule has 0 aliphatic carbocycles. The molecule has 0 spiro atoms. The molecule has 0 atom stereocenters. The molecule has 17 heavy (non-hydrogen) atoms. The van der Waals surface area contributed by atoms with Crippen LogP contribution in [0.2, 0.25) is 0 Å². The summed E-state index contributed by atoms with van der Waals surface area (Å²) in [6.45, 7) is 4.83. The SMILES string of the molecule is c1cc2c(cc1CN1CCCCCC1)CCN2. The van der Waals surface area contributed by atoms with Crippen molar-refractivity contribution in [1.82, 2.24) is 4.90 Å². The predicted molar refractivity (Wildman–Crippen MR) is 72.4 cm³/mol. The number of likely N-dealkylation sites (tertiary alicyclic amines) is 1. The van der Waals surface area contributed by atoms with E-state index in [-0.39, 0.29) is 0 Å². The van der Waals surface area contributed by atoms with Crippen LogP contribution in [-0.4, -0.2) is 24.5 Å². The number of nitrogens with one attached hydrogen (secondary N) is 1. The van der Waals surface area contributed by atoms with Gasteiger partial charge in [-0.1, -0.05) is 25.0 Å². The van der Waals surface area contributed by atoms with Gasteiger partial charge in [0.2, 0.25) is 0 Å². The molecule has 1 saturated heterocycles. The first-order chi connectivity index (χ1) is 8.42. The average molecular weight is 230 g/mol. The zero-order chi connectivity index (χ0) is 11.5. The van der Waals surface area contributed by atoms with E-state index in [9.17, 15) is 0 Å². The van der Waals surface area contributed by atoms with E-state index in [4.69, 9.17) is 0 Å². The third-order valence-electron chi connectivity index (χ3n) is 3.98. The molecule has 0 saturated carbocycles. The maximum Gasteiger partial charge on any atom is 0.0373 e. The standard InChI is InChI=1S/C15H22N2/c1-2-4-10-17(9-3-1)12-13-5-6-15-14(11-13)7-8-16-15/h5-6,11,16H,1-4,7-10,12H2. The van der Waals surface area contributed by atoms with Crippen LogP contribution in [0, 0.1) is 0 Å². The molecule has 3 rings (SSSR count). The van der Waals surface area contributed by atoms with E-state index in [1.54, 1.807) is 0 Å². The van der Waals surface area contributed by atoms with E-state index in [0.29, 0.717) is 0 Å². The second kappa shape index (κ2) is 5.09. The zero-order valence-corrected chi connectivity index (χ0v) is 10.5. The molecule has 1 aromatic rings. The molecule has 0 amide bonds. The van der Waals surface area contributed by atoms with Crippen molar-refractivity contribution < 1.29 is 0 Å². The van der Waals surface area contributed by atoms with Crippen molar-refractivity contribution in [3.8, 4) is 0 Å². The first-order valence-corrected chi connectivity index (χ1v) is 7.00. The van der Waals surface area contributed by atoms with Crippen molar-refractivity contribution in [2.45, 2.75) is 38.6 Å². The predicted octanol–water partition coefficient (Wildman–Crippen LogP) is 3.03. The van der Waals surface area contributed by atoms with Crippen LogP contribution in [-0.2, 0) is 13.0 Å². The number of benzene rings is 1. The van der Waals surface area contributed by atoms with Gasteiger partial charge in [-0.25, -0.2) is 0 Å². The molecule has 1 aromatic carbocycles. The molecule has 1 fully saturated rings. The summed E-state index contributed by atoms with van der Waals surface area (Å²) in [7, 11) is 0. The van der Waals surface area contributed by atoms with Gasteiger partial charge in [-0.3, -0.25) is 4.90 Å². The molecule has 2 aliphatic rings. The van der Waals surface area contributed by atoms with E-state index in [0.717, 1.165) is 13.1 Å². The van der Waals surface area contributed by atoms with E-state index in [1.807, 2.05) is 0 Å². The molecule has 2 heteroatoms. The van der Waals surface area contributed by atoms with E-state index in [2.05, 4.69) is 28.4 Å². The third kappa shape index (κ3) is 2.63. The quantitative estimate of drug-likeness (QED) is 0.840. The van der Waals surface area contributed by atoms with E-state index in [1.165, 1.54) is 62.0 Å². The Hall–Kier alpha value is -1.02. The first-order valence-electron chi connectivity index (χ1n) is 7.00. The van der Waals surface area contributed by atoms with Crippen LogP contribution in [0.25, 0.3) is 0 Å². The highest BCUT2D eigenvalue weighted by Gasteiger charge is 2.13. The lowest BCUT2D eigenvalue weighted by molar-refractivity contribution is 0.277. The fourth-order valence-electron chi connectivity index (χ4n) is 3.01. The lowest BCUT2D eigenvalue weighted by Crippen LogP contribution is -2.23. The number of fused-ring (bicyclic) bond motifs is 1. The fraction of sp³-hybridized carbons (Fsp3) is 0.600. The number of nitrogens with zero attached hydrogens (tertiary/aromatic N) is 1. The molecule has 0 aromatic heterocycles. The number of hydrogen-bond donors (Lipinski definition) is 1. The minimum absolute atomic E-state index is 1.11. The molecular formula is C15H22N2. The first kappa shape index (κ1) is 11.1. The van der Waals surface area contributed by atoms with Crippen LogP contribution < -0.4 is 5.32 Å². The van der Waals surface area contributed by atoms with Crippen LogP contribution in [0.5, 0.6) is 0 Å². The van der Waals surface area contributed by atoms with Gasteiger partial charge in [-0.15, -0.1) is 0 Å². The number of rotatable bonds is 2. The van der Waals surface area contributed by atoms with Crippen molar-refractivity contribution in [2.75, 3.05) is 25.0 Å². The van der Waals surface area contributed by atoms with Crippen molar-refractivity contribution in [3.63, 3.8) is 0 Å². The van der Waals surface area contributed by atoms with Gasteiger partial charge in [0.15, 0.2) is 0 Å². The lowest BCUT2D eigenvalue weighted by atomic mass is 10.1. The molecule has 2 aliphatic heterocycles. The van der Waals surface area contributed by atoms with Crippen molar-refractivity contribution in [2.24, 2.45) is 0 Å². The topological polar surface area (TPSA) is 15.3 Å². The second-order valence-electron chi connectivity index (χ2n) is 5.36. The highest BCUT2D eigenvalue weighted by atomic mass is 15.1.